The molecule has 1 aromatic rings. The Balaban J connectivity index is 2.74. The largest absolute Gasteiger partial charge is 0.467 e. The fraction of sp³-hybridized carbons (Fsp3) is 0.500. The fourth-order valence-corrected chi connectivity index (χ4v) is 1.30. The first kappa shape index (κ1) is 12.8. The molecule has 1 rings (SSSR count). The maximum atomic E-state index is 5.45. The standard InChI is InChI=1S/C12H18O4/c1-4-10-5-6-11(15-8-13-2)7-12(10)16-9-14-3/h5-7H,4,8-9H2,1-3H3. The average Bonchev–Trinajstić information content (AvgIpc) is 2.33. The van der Waals surface area contributed by atoms with Crippen molar-refractivity contribution in [2.45, 2.75) is 13.3 Å². The maximum absolute atomic E-state index is 5.45. The van der Waals surface area contributed by atoms with Crippen molar-refractivity contribution in [3.8, 4) is 11.5 Å². The van der Waals surface area contributed by atoms with E-state index in [1.165, 1.54) is 0 Å². The molecule has 0 atom stereocenters. The molecule has 0 unspecified atom stereocenters. The van der Waals surface area contributed by atoms with E-state index in [0.717, 1.165) is 23.5 Å². The molecule has 0 heterocycles. The van der Waals surface area contributed by atoms with Crippen molar-refractivity contribution in [2.75, 3.05) is 27.8 Å². The number of hydrogen-bond donors (Lipinski definition) is 0. The van der Waals surface area contributed by atoms with Crippen molar-refractivity contribution >= 4 is 0 Å². The lowest BCUT2D eigenvalue weighted by Crippen LogP contribution is -2.03. The van der Waals surface area contributed by atoms with Gasteiger partial charge in [0, 0.05) is 20.3 Å². The molecule has 16 heavy (non-hydrogen) atoms. The van der Waals surface area contributed by atoms with Gasteiger partial charge in [-0.05, 0) is 18.1 Å². The number of aryl methyl sites for hydroxylation is 1. The number of rotatable bonds is 7. The first-order chi connectivity index (χ1) is 7.81. The van der Waals surface area contributed by atoms with Crippen LogP contribution in [0.25, 0.3) is 0 Å². The monoisotopic (exact) mass is 226 g/mol. The number of hydrogen-bond acceptors (Lipinski definition) is 4. The van der Waals surface area contributed by atoms with Gasteiger partial charge in [0.1, 0.15) is 11.5 Å². The lowest BCUT2D eigenvalue weighted by molar-refractivity contribution is 0.0456. The SMILES string of the molecule is CCc1ccc(OCOC)cc1OCOC. The Hall–Kier alpha value is -1.26. The zero-order valence-electron chi connectivity index (χ0n) is 9.99. The molecule has 0 spiro atoms. The first-order valence-electron chi connectivity index (χ1n) is 5.18. The second kappa shape index (κ2) is 7.09. The third-order valence-corrected chi connectivity index (χ3v) is 2.10. The highest BCUT2D eigenvalue weighted by Gasteiger charge is 2.04. The van der Waals surface area contributed by atoms with Crippen molar-refractivity contribution in [1.82, 2.24) is 0 Å². The smallest absolute Gasteiger partial charge is 0.188 e. The first-order valence-corrected chi connectivity index (χ1v) is 5.18. The molecule has 0 bridgehead atoms. The second-order valence-corrected chi connectivity index (χ2v) is 3.22. The van der Waals surface area contributed by atoms with Gasteiger partial charge in [-0.3, -0.25) is 0 Å². The number of benzene rings is 1. The lowest BCUT2D eigenvalue weighted by atomic mass is 10.1. The van der Waals surface area contributed by atoms with E-state index in [1.807, 2.05) is 18.2 Å². The van der Waals surface area contributed by atoms with Gasteiger partial charge >= 0.3 is 0 Å². The van der Waals surface area contributed by atoms with Crippen LogP contribution in [0.1, 0.15) is 12.5 Å². The van der Waals surface area contributed by atoms with Gasteiger partial charge < -0.3 is 18.9 Å². The minimum absolute atomic E-state index is 0.231. The van der Waals surface area contributed by atoms with Gasteiger partial charge in [0.25, 0.3) is 0 Å². The average molecular weight is 226 g/mol. The van der Waals surface area contributed by atoms with Gasteiger partial charge in [0.15, 0.2) is 13.6 Å². The summed E-state index contributed by atoms with van der Waals surface area (Å²) in [6, 6.07) is 5.73. The van der Waals surface area contributed by atoms with Gasteiger partial charge in [0.2, 0.25) is 0 Å². The van der Waals surface area contributed by atoms with Crippen LogP contribution in [0.2, 0.25) is 0 Å². The van der Waals surface area contributed by atoms with Crippen LogP contribution in [0, 0.1) is 0 Å². The van der Waals surface area contributed by atoms with Gasteiger partial charge in [-0.15, -0.1) is 0 Å². The summed E-state index contributed by atoms with van der Waals surface area (Å²) >= 11 is 0. The molecule has 4 heteroatoms. The maximum Gasteiger partial charge on any atom is 0.188 e. The molecule has 0 aromatic heterocycles. The van der Waals surface area contributed by atoms with E-state index in [0.29, 0.717) is 0 Å². The zero-order valence-corrected chi connectivity index (χ0v) is 9.99. The van der Waals surface area contributed by atoms with Crippen LogP contribution in [-0.2, 0) is 15.9 Å². The zero-order chi connectivity index (χ0) is 11.8. The third kappa shape index (κ3) is 3.72. The van der Waals surface area contributed by atoms with Gasteiger partial charge in [-0.2, -0.15) is 0 Å². The highest BCUT2D eigenvalue weighted by Crippen LogP contribution is 2.25. The van der Waals surface area contributed by atoms with E-state index in [-0.39, 0.29) is 13.6 Å². The fourth-order valence-electron chi connectivity index (χ4n) is 1.30. The van der Waals surface area contributed by atoms with E-state index in [2.05, 4.69) is 6.92 Å². The Labute approximate surface area is 96.1 Å². The Bertz CT molecular complexity index is 312. The van der Waals surface area contributed by atoms with Gasteiger partial charge in [-0.1, -0.05) is 13.0 Å². The summed E-state index contributed by atoms with van der Waals surface area (Å²) < 4.78 is 20.5. The van der Waals surface area contributed by atoms with E-state index >= 15 is 0 Å². The third-order valence-electron chi connectivity index (χ3n) is 2.10. The van der Waals surface area contributed by atoms with Crippen LogP contribution in [0.4, 0.5) is 0 Å². The molecule has 0 N–H and O–H groups in total. The van der Waals surface area contributed by atoms with Crippen molar-refractivity contribution < 1.29 is 18.9 Å². The molecule has 0 saturated carbocycles. The van der Waals surface area contributed by atoms with E-state index in [4.69, 9.17) is 18.9 Å². The van der Waals surface area contributed by atoms with Crippen LogP contribution in [0.5, 0.6) is 11.5 Å². The Morgan fingerprint density at radius 1 is 1.00 bits per heavy atom. The van der Waals surface area contributed by atoms with Crippen molar-refractivity contribution in [3.63, 3.8) is 0 Å². The van der Waals surface area contributed by atoms with Crippen molar-refractivity contribution in [3.05, 3.63) is 23.8 Å². The van der Waals surface area contributed by atoms with Crippen LogP contribution >= 0.6 is 0 Å². The molecule has 90 valence electrons. The van der Waals surface area contributed by atoms with Crippen LogP contribution in [0.3, 0.4) is 0 Å². The normalized spacial score (nSPS) is 10.2. The topological polar surface area (TPSA) is 36.9 Å². The molecule has 0 aliphatic carbocycles. The molecule has 1 aromatic carbocycles. The highest BCUT2D eigenvalue weighted by molar-refractivity contribution is 5.40. The predicted molar refractivity (Wildman–Crippen MR) is 60.8 cm³/mol. The molecular weight excluding hydrogens is 208 g/mol. The summed E-state index contributed by atoms with van der Waals surface area (Å²) in [4.78, 5) is 0. The summed E-state index contributed by atoms with van der Waals surface area (Å²) in [5, 5.41) is 0. The number of ether oxygens (including phenoxy) is 4. The molecule has 4 nitrogen and oxygen atoms in total. The molecule has 0 aliphatic heterocycles. The van der Waals surface area contributed by atoms with Crippen molar-refractivity contribution in [1.29, 1.82) is 0 Å². The molecule has 0 amide bonds. The number of methoxy groups -OCH3 is 2. The van der Waals surface area contributed by atoms with Crippen LogP contribution in [-0.4, -0.2) is 27.8 Å². The molecule has 0 aliphatic rings. The van der Waals surface area contributed by atoms with Crippen LogP contribution in [0.15, 0.2) is 18.2 Å². The highest BCUT2D eigenvalue weighted by atomic mass is 16.7. The quantitative estimate of drug-likeness (QED) is 0.668. The van der Waals surface area contributed by atoms with E-state index < -0.39 is 0 Å². The second-order valence-electron chi connectivity index (χ2n) is 3.22. The molecule has 0 saturated heterocycles. The Morgan fingerprint density at radius 2 is 1.69 bits per heavy atom. The van der Waals surface area contributed by atoms with Gasteiger partial charge in [-0.25, -0.2) is 0 Å². The molecule has 0 fully saturated rings. The predicted octanol–water partition coefficient (Wildman–Crippen LogP) is 2.21. The summed E-state index contributed by atoms with van der Waals surface area (Å²) in [6.07, 6.45) is 0.906. The Morgan fingerprint density at radius 3 is 2.31 bits per heavy atom. The summed E-state index contributed by atoms with van der Waals surface area (Å²) in [7, 11) is 3.18. The molecule has 0 radical (unpaired) electrons. The summed E-state index contributed by atoms with van der Waals surface area (Å²) in [5.74, 6) is 1.52. The lowest BCUT2D eigenvalue weighted by Gasteiger charge is -2.12. The summed E-state index contributed by atoms with van der Waals surface area (Å²) in [5.41, 5.74) is 1.13. The van der Waals surface area contributed by atoms with E-state index in [1.54, 1.807) is 14.2 Å². The van der Waals surface area contributed by atoms with E-state index in [9.17, 15) is 0 Å². The molecular formula is C12H18O4. The van der Waals surface area contributed by atoms with Crippen LogP contribution < -0.4 is 9.47 Å². The van der Waals surface area contributed by atoms with Gasteiger partial charge in [0.05, 0.1) is 0 Å². The minimum Gasteiger partial charge on any atom is -0.467 e. The minimum atomic E-state index is 0.231. The Kier molecular flexibility index (Phi) is 5.67. The summed E-state index contributed by atoms with van der Waals surface area (Å²) in [6.45, 7) is 2.54. The van der Waals surface area contributed by atoms with Crippen molar-refractivity contribution in [2.24, 2.45) is 0 Å².